The zero-order valence-corrected chi connectivity index (χ0v) is 20.7. The number of nitrogens with zero attached hydrogens (tertiary/aromatic N) is 3. The lowest BCUT2D eigenvalue weighted by Gasteiger charge is -2.25. The van der Waals surface area contributed by atoms with Crippen LogP contribution in [0.1, 0.15) is 67.8 Å². The van der Waals surface area contributed by atoms with E-state index in [1.807, 2.05) is 44.1 Å². The van der Waals surface area contributed by atoms with Gasteiger partial charge in [0.05, 0.1) is 22.7 Å². The molecule has 0 aliphatic rings. The van der Waals surface area contributed by atoms with Crippen molar-refractivity contribution in [2.24, 2.45) is 0 Å². The molecule has 1 aromatic heterocycles. The van der Waals surface area contributed by atoms with Crippen LogP contribution in [-0.2, 0) is 0 Å². The van der Waals surface area contributed by atoms with Gasteiger partial charge >= 0.3 is 6.61 Å². The third-order valence-electron chi connectivity index (χ3n) is 5.68. The van der Waals surface area contributed by atoms with Crippen molar-refractivity contribution in [1.82, 2.24) is 14.5 Å². The summed E-state index contributed by atoms with van der Waals surface area (Å²) in [6.07, 6.45) is 2.38. The number of alkyl halides is 2. The van der Waals surface area contributed by atoms with Crippen LogP contribution in [0, 0.1) is 11.8 Å². The normalized spacial score (nSPS) is 12.6. The summed E-state index contributed by atoms with van der Waals surface area (Å²) in [5.74, 6) is 6.67. The number of aromatic nitrogens is 2. The molecule has 1 heterocycles. The zero-order valence-electron chi connectivity index (χ0n) is 20.7. The molecule has 0 aliphatic heterocycles. The highest BCUT2D eigenvalue weighted by Crippen LogP contribution is 2.36. The maximum atomic E-state index is 13.3. The topological polar surface area (TPSA) is 67.6 Å². The molecule has 6 nitrogen and oxygen atoms in total. The van der Waals surface area contributed by atoms with Crippen LogP contribution in [0.25, 0.3) is 16.7 Å². The number of fused-ring (bicyclic) bond motifs is 1. The Labute approximate surface area is 204 Å². The molecule has 0 saturated carbocycles. The van der Waals surface area contributed by atoms with Crippen molar-refractivity contribution in [3.8, 4) is 23.3 Å². The van der Waals surface area contributed by atoms with E-state index < -0.39 is 12.2 Å². The molecular weight excluding hydrogens is 452 g/mol. The Hall–Kier alpha value is -3.28. The molecule has 35 heavy (non-hydrogen) atoms. The summed E-state index contributed by atoms with van der Waals surface area (Å²) in [7, 11) is 3.83. The number of rotatable bonds is 9. The SMILES string of the molecule is CCC(c1nc2ccc(C#CCCC(C)(C)O)cc2n1-c1c(C=O)cccc1OC(F)F)N(C)C. The average molecular weight is 484 g/mol. The van der Waals surface area contributed by atoms with Crippen LogP contribution in [0.4, 0.5) is 8.78 Å². The second kappa shape index (κ2) is 11.0. The quantitative estimate of drug-likeness (QED) is 0.328. The molecule has 0 spiro atoms. The van der Waals surface area contributed by atoms with Gasteiger partial charge in [-0.15, -0.1) is 0 Å². The van der Waals surface area contributed by atoms with Crippen LogP contribution in [-0.4, -0.2) is 52.2 Å². The molecule has 1 unspecified atom stereocenters. The number of ether oxygens (including phenoxy) is 1. The minimum absolute atomic E-state index is 0.111. The van der Waals surface area contributed by atoms with Gasteiger partial charge in [-0.2, -0.15) is 8.78 Å². The molecule has 186 valence electrons. The van der Waals surface area contributed by atoms with Crippen LogP contribution in [0.15, 0.2) is 36.4 Å². The Balaban J connectivity index is 2.27. The van der Waals surface area contributed by atoms with E-state index in [9.17, 15) is 18.7 Å². The van der Waals surface area contributed by atoms with E-state index in [1.54, 1.807) is 24.5 Å². The molecule has 2 aromatic carbocycles. The summed E-state index contributed by atoms with van der Waals surface area (Å²) in [6, 6.07) is 9.84. The molecular formula is C27H31F2N3O3. The van der Waals surface area contributed by atoms with Crippen molar-refractivity contribution < 1.29 is 23.4 Å². The fraction of sp³-hybridized carbons (Fsp3) is 0.407. The lowest BCUT2D eigenvalue weighted by molar-refractivity contribution is -0.0498. The zero-order chi connectivity index (χ0) is 25.8. The van der Waals surface area contributed by atoms with Crippen LogP contribution >= 0.6 is 0 Å². The lowest BCUT2D eigenvalue weighted by Crippen LogP contribution is -2.23. The second-order valence-electron chi connectivity index (χ2n) is 9.20. The monoisotopic (exact) mass is 483 g/mol. The first-order valence-corrected chi connectivity index (χ1v) is 11.5. The van der Waals surface area contributed by atoms with Gasteiger partial charge in [0, 0.05) is 17.5 Å². The summed E-state index contributed by atoms with van der Waals surface area (Å²) in [5.41, 5.74) is 1.60. The molecule has 0 aliphatic carbocycles. The fourth-order valence-electron chi connectivity index (χ4n) is 4.01. The third-order valence-corrected chi connectivity index (χ3v) is 5.68. The summed E-state index contributed by atoms with van der Waals surface area (Å²) in [4.78, 5) is 18.8. The summed E-state index contributed by atoms with van der Waals surface area (Å²) < 4.78 is 33.1. The smallest absolute Gasteiger partial charge is 0.387 e. The number of hydrogen-bond donors (Lipinski definition) is 1. The van der Waals surface area contributed by atoms with Crippen LogP contribution < -0.4 is 4.74 Å². The van der Waals surface area contributed by atoms with Gasteiger partial charge in [-0.25, -0.2) is 4.98 Å². The first kappa shape index (κ1) is 26.3. The molecule has 0 radical (unpaired) electrons. The summed E-state index contributed by atoms with van der Waals surface area (Å²) >= 11 is 0. The first-order valence-electron chi connectivity index (χ1n) is 11.5. The van der Waals surface area contributed by atoms with Crippen molar-refractivity contribution in [2.45, 2.75) is 58.3 Å². The highest BCUT2D eigenvalue weighted by atomic mass is 19.3. The van der Waals surface area contributed by atoms with Gasteiger partial charge in [0.2, 0.25) is 0 Å². The maximum Gasteiger partial charge on any atom is 0.387 e. The van der Waals surface area contributed by atoms with Gasteiger partial charge in [-0.3, -0.25) is 14.3 Å². The minimum Gasteiger partial charge on any atom is -0.433 e. The summed E-state index contributed by atoms with van der Waals surface area (Å²) in [6.45, 7) is 2.43. The number of para-hydroxylation sites is 1. The Kier molecular flexibility index (Phi) is 8.26. The summed E-state index contributed by atoms with van der Waals surface area (Å²) in [5, 5.41) is 9.90. The maximum absolute atomic E-state index is 13.3. The largest absolute Gasteiger partial charge is 0.433 e. The van der Waals surface area contributed by atoms with E-state index in [-0.39, 0.29) is 23.0 Å². The molecule has 0 saturated heterocycles. The van der Waals surface area contributed by atoms with Crippen molar-refractivity contribution >= 4 is 17.3 Å². The number of carbonyl (C=O) groups is 1. The number of aldehydes is 1. The first-order chi connectivity index (χ1) is 16.6. The molecule has 8 heteroatoms. The molecule has 0 amide bonds. The minimum atomic E-state index is -3.05. The fourth-order valence-corrected chi connectivity index (χ4v) is 4.01. The van der Waals surface area contributed by atoms with Gasteiger partial charge in [0.1, 0.15) is 11.5 Å². The van der Waals surface area contributed by atoms with Crippen LogP contribution in [0.2, 0.25) is 0 Å². The number of imidazole rings is 1. The third kappa shape index (κ3) is 6.24. The highest BCUT2D eigenvalue weighted by molar-refractivity contribution is 5.87. The van der Waals surface area contributed by atoms with Gasteiger partial charge in [-0.05, 0) is 71.1 Å². The van der Waals surface area contributed by atoms with Gasteiger partial charge in [-0.1, -0.05) is 24.8 Å². The second-order valence-corrected chi connectivity index (χ2v) is 9.20. The predicted octanol–water partition coefficient (Wildman–Crippen LogP) is 5.35. The Morgan fingerprint density at radius 1 is 1.26 bits per heavy atom. The molecule has 1 N–H and O–H groups in total. The van der Waals surface area contributed by atoms with Crippen molar-refractivity contribution in [3.05, 3.63) is 53.3 Å². The Morgan fingerprint density at radius 3 is 2.60 bits per heavy atom. The van der Waals surface area contributed by atoms with Crippen molar-refractivity contribution in [3.63, 3.8) is 0 Å². The van der Waals surface area contributed by atoms with Gasteiger partial charge < -0.3 is 9.84 Å². The number of carbonyl (C=O) groups excluding carboxylic acids is 1. The van der Waals surface area contributed by atoms with E-state index in [2.05, 4.69) is 11.8 Å². The van der Waals surface area contributed by atoms with Crippen molar-refractivity contribution in [2.75, 3.05) is 14.1 Å². The number of hydrogen-bond acceptors (Lipinski definition) is 5. The molecule has 3 aromatic rings. The van der Waals surface area contributed by atoms with E-state index >= 15 is 0 Å². The predicted molar refractivity (Wildman–Crippen MR) is 132 cm³/mol. The lowest BCUT2D eigenvalue weighted by atomic mass is 10.0. The standard InChI is InChI=1S/C27H31F2N3O3/c1-6-21(31(4)5)25-30-20-14-13-18(10-7-8-15-27(2,3)34)16-22(20)32(25)24-19(17-33)11-9-12-23(24)35-26(28)29/h9,11-14,16-17,21,26,34H,6,8,15H2,1-5H3. The van der Waals surface area contributed by atoms with E-state index in [0.29, 0.717) is 48.0 Å². The Morgan fingerprint density at radius 2 is 2.00 bits per heavy atom. The van der Waals surface area contributed by atoms with Crippen molar-refractivity contribution in [1.29, 1.82) is 0 Å². The number of aliphatic hydroxyl groups is 1. The van der Waals surface area contributed by atoms with E-state index in [0.717, 1.165) is 0 Å². The molecule has 1 atom stereocenters. The molecule has 0 bridgehead atoms. The molecule has 3 rings (SSSR count). The average Bonchev–Trinajstić information content (AvgIpc) is 3.13. The van der Waals surface area contributed by atoms with Crippen LogP contribution in [0.5, 0.6) is 5.75 Å². The van der Waals surface area contributed by atoms with Crippen LogP contribution in [0.3, 0.4) is 0 Å². The van der Waals surface area contributed by atoms with Gasteiger partial charge in [0.25, 0.3) is 0 Å². The molecule has 0 fully saturated rings. The highest BCUT2D eigenvalue weighted by Gasteiger charge is 2.26. The number of halogens is 2. The number of benzene rings is 2. The Bertz CT molecular complexity index is 1250. The van der Waals surface area contributed by atoms with E-state index in [1.165, 1.54) is 12.1 Å². The van der Waals surface area contributed by atoms with E-state index in [4.69, 9.17) is 9.72 Å². The van der Waals surface area contributed by atoms with Gasteiger partial charge in [0.15, 0.2) is 12.0 Å².